The summed E-state index contributed by atoms with van der Waals surface area (Å²) in [6.45, 7) is 3.59. The van der Waals surface area contributed by atoms with Crippen molar-refractivity contribution in [2.75, 3.05) is 33.2 Å². The second kappa shape index (κ2) is 6.36. The maximum Gasteiger partial charge on any atom is 0.254 e. The molecule has 1 N–H and O–H groups in total. The molecule has 1 aliphatic heterocycles. The van der Waals surface area contributed by atoms with Crippen LogP contribution in [0, 0.1) is 16.7 Å². The van der Waals surface area contributed by atoms with Gasteiger partial charge in [0.05, 0.1) is 6.07 Å². The van der Waals surface area contributed by atoms with Crippen molar-refractivity contribution in [1.82, 2.24) is 15.3 Å². The van der Waals surface area contributed by atoms with Crippen molar-refractivity contribution >= 4 is 5.91 Å². The van der Waals surface area contributed by atoms with E-state index >= 15 is 0 Å². The number of hydrogen-bond donors (Lipinski definition) is 1. The number of likely N-dealkylation sites (N-methyl/N-ethyl adjacent to an activating group) is 1. The number of carbonyl (C=O) groups is 1. The molecule has 19 heavy (non-hydrogen) atoms. The van der Waals surface area contributed by atoms with Gasteiger partial charge in [-0.3, -0.25) is 10.2 Å². The van der Waals surface area contributed by atoms with Gasteiger partial charge in [0, 0.05) is 26.2 Å². The van der Waals surface area contributed by atoms with E-state index < -0.39 is 5.41 Å². The van der Waals surface area contributed by atoms with Gasteiger partial charge in [-0.05, 0) is 19.9 Å². The third kappa shape index (κ3) is 3.46. The minimum Gasteiger partial charge on any atom is -0.304 e. The van der Waals surface area contributed by atoms with Gasteiger partial charge in [0.15, 0.2) is 0 Å². The fourth-order valence-corrected chi connectivity index (χ4v) is 2.89. The lowest BCUT2D eigenvalue weighted by Gasteiger charge is -2.34. The summed E-state index contributed by atoms with van der Waals surface area (Å²) in [5, 5.41) is 11.4. The number of rotatable bonds is 2. The van der Waals surface area contributed by atoms with Gasteiger partial charge in [0.1, 0.15) is 5.41 Å². The predicted molar refractivity (Wildman–Crippen MR) is 73.0 cm³/mol. The maximum atomic E-state index is 12.5. The lowest BCUT2D eigenvalue weighted by molar-refractivity contribution is -0.134. The van der Waals surface area contributed by atoms with E-state index in [1.807, 2.05) is 5.01 Å². The van der Waals surface area contributed by atoms with E-state index in [4.69, 9.17) is 0 Å². The van der Waals surface area contributed by atoms with Crippen LogP contribution < -0.4 is 5.43 Å². The number of amides is 1. The Morgan fingerprint density at radius 1 is 1.11 bits per heavy atom. The van der Waals surface area contributed by atoms with Crippen molar-refractivity contribution in [1.29, 1.82) is 5.26 Å². The Bertz CT molecular complexity index is 347. The van der Waals surface area contributed by atoms with Gasteiger partial charge in [-0.15, -0.1) is 0 Å². The second-order valence-electron chi connectivity index (χ2n) is 5.84. The van der Waals surface area contributed by atoms with Crippen LogP contribution >= 0.6 is 0 Å². The molecule has 1 amide bonds. The molecule has 0 aromatic carbocycles. The van der Waals surface area contributed by atoms with Crippen molar-refractivity contribution in [3.63, 3.8) is 0 Å². The SMILES string of the molecule is CN1CCN(NC(=O)C2(C#N)CCCCCC2)CC1. The molecule has 0 bridgehead atoms. The lowest BCUT2D eigenvalue weighted by atomic mass is 9.81. The van der Waals surface area contributed by atoms with Crippen LogP contribution in [0.1, 0.15) is 38.5 Å². The van der Waals surface area contributed by atoms with Crippen LogP contribution in [0.25, 0.3) is 0 Å². The third-order valence-corrected chi connectivity index (χ3v) is 4.37. The van der Waals surface area contributed by atoms with E-state index in [9.17, 15) is 10.1 Å². The normalized spacial score (nSPS) is 25.3. The van der Waals surface area contributed by atoms with E-state index in [1.54, 1.807) is 0 Å². The summed E-state index contributed by atoms with van der Waals surface area (Å²) in [6.07, 6.45) is 5.69. The average molecular weight is 264 g/mol. The van der Waals surface area contributed by atoms with Gasteiger partial charge in [0.25, 0.3) is 5.91 Å². The quantitative estimate of drug-likeness (QED) is 0.760. The average Bonchev–Trinajstić information content (AvgIpc) is 2.67. The molecule has 2 rings (SSSR count). The summed E-state index contributed by atoms with van der Waals surface area (Å²) in [5.41, 5.74) is 2.18. The number of nitrogens with one attached hydrogen (secondary N) is 1. The molecule has 106 valence electrons. The van der Waals surface area contributed by atoms with Gasteiger partial charge in [-0.1, -0.05) is 25.7 Å². The second-order valence-corrected chi connectivity index (χ2v) is 5.84. The fourth-order valence-electron chi connectivity index (χ4n) is 2.89. The first-order valence-corrected chi connectivity index (χ1v) is 7.32. The molecule has 1 saturated heterocycles. The Morgan fingerprint density at radius 3 is 2.21 bits per heavy atom. The number of hydrazine groups is 1. The molecule has 1 aliphatic carbocycles. The molecular formula is C14H24N4O. The molecule has 1 saturated carbocycles. The molecule has 5 heteroatoms. The highest BCUT2D eigenvalue weighted by Crippen LogP contribution is 2.34. The van der Waals surface area contributed by atoms with Gasteiger partial charge in [-0.2, -0.15) is 5.26 Å². The molecule has 5 nitrogen and oxygen atoms in total. The number of piperazine rings is 1. The van der Waals surface area contributed by atoms with Crippen LogP contribution in [-0.4, -0.2) is 49.0 Å². The summed E-state index contributed by atoms with van der Waals surface area (Å²) in [6, 6.07) is 2.31. The van der Waals surface area contributed by atoms with Crippen LogP contribution in [-0.2, 0) is 4.79 Å². The Morgan fingerprint density at radius 2 is 1.68 bits per heavy atom. The first-order valence-electron chi connectivity index (χ1n) is 7.32. The number of nitrogens with zero attached hydrogens (tertiary/aromatic N) is 3. The monoisotopic (exact) mass is 264 g/mol. The van der Waals surface area contributed by atoms with Crippen LogP contribution in [0.2, 0.25) is 0 Å². The fraction of sp³-hybridized carbons (Fsp3) is 0.857. The Hall–Kier alpha value is -1.12. The molecule has 2 fully saturated rings. The smallest absolute Gasteiger partial charge is 0.254 e. The molecule has 0 spiro atoms. The summed E-state index contributed by atoms with van der Waals surface area (Å²) in [4.78, 5) is 14.7. The molecule has 0 radical (unpaired) electrons. The molecule has 0 aromatic heterocycles. The van der Waals surface area contributed by atoms with Gasteiger partial charge >= 0.3 is 0 Å². The van der Waals surface area contributed by atoms with Crippen molar-refractivity contribution in [2.45, 2.75) is 38.5 Å². The van der Waals surface area contributed by atoms with E-state index in [1.165, 1.54) is 0 Å². The number of hydrogen-bond acceptors (Lipinski definition) is 4. The maximum absolute atomic E-state index is 12.5. The van der Waals surface area contributed by atoms with E-state index in [-0.39, 0.29) is 5.91 Å². The summed E-state index contributed by atoms with van der Waals surface area (Å²) >= 11 is 0. The summed E-state index contributed by atoms with van der Waals surface area (Å²) in [7, 11) is 2.08. The van der Waals surface area contributed by atoms with Crippen LogP contribution in [0.3, 0.4) is 0 Å². The molecule has 0 atom stereocenters. The minimum atomic E-state index is -0.792. The number of carbonyl (C=O) groups excluding carboxylic acids is 1. The highest BCUT2D eigenvalue weighted by atomic mass is 16.2. The van der Waals surface area contributed by atoms with Gasteiger partial charge in [-0.25, -0.2) is 5.01 Å². The third-order valence-electron chi connectivity index (χ3n) is 4.37. The molecule has 1 heterocycles. The number of nitriles is 1. The van der Waals surface area contributed by atoms with Crippen LogP contribution in [0.4, 0.5) is 0 Å². The van der Waals surface area contributed by atoms with Crippen molar-refractivity contribution in [3.05, 3.63) is 0 Å². The zero-order chi connectivity index (χ0) is 13.7. The van der Waals surface area contributed by atoms with Crippen molar-refractivity contribution in [3.8, 4) is 6.07 Å². The molecule has 0 unspecified atom stereocenters. The van der Waals surface area contributed by atoms with Crippen LogP contribution in [0.5, 0.6) is 0 Å². The van der Waals surface area contributed by atoms with E-state index in [2.05, 4.69) is 23.4 Å². The first-order chi connectivity index (χ1) is 9.16. The Kier molecular flexibility index (Phi) is 4.78. The van der Waals surface area contributed by atoms with E-state index in [0.29, 0.717) is 12.8 Å². The van der Waals surface area contributed by atoms with Gasteiger partial charge in [0.2, 0.25) is 0 Å². The van der Waals surface area contributed by atoms with Gasteiger partial charge < -0.3 is 4.90 Å². The minimum absolute atomic E-state index is 0.0820. The highest BCUT2D eigenvalue weighted by Gasteiger charge is 2.39. The predicted octanol–water partition coefficient (Wildman–Crippen LogP) is 1.13. The zero-order valence-corrected chi connectivity index (χ0v) is 11.8. The molecule has 2 aliphatic rings. The molecular weight excluding hydrogens is 240 g/mol. The molecule has 0 aromatic rings. The standard InChI is InChI=1S/C14H24N4O/c1-17-8-10-18(11-9-17)16-13(19)14(12-15)6-4-2-3-5-7-14/h2-11H2,1H3,(H,16,19). The first kappa shape index (κ1) is 14.3. The Balaban J connectivity index is 1.95. The Labute approximate surface area is 115 Å². The van der Waals surface area contributed by atoms with Crippen molar-refractivity contribution in [2.24, 2.45) is 5.41 Å². The largest absolute Gasteiger partial charge is 0.304 e. The van der Waals surface area contributed by atoms with Crippen molar-refractivity contribution < 1.29 is 4.79 Å². The topological polar surface area (TPSA) is 59.4 Å². The highest BCUT2D eigenvalue weighted by molar-refractivity contribution is 5.85. The lowest BCUT2D eigenvalue weighted by Crippen LogP contribution is -2.55. The summed E-state index contributed by atoms with van der Waals surface area (Å²) < 4.78 is 0. The van der Waals surface area contributed by atoms with Crippen LogP contribution in [0.15, 0.2) is 0 Å². The van der Waals surface area contributed by atoms with E-state index in [0.717, 1.165) is 51.9 Å². The zero-order valence-electron chi connectivity index (χ0n) is 11.8. The summed E-state index contributed by atoms with van der Waals surface area (Å²) in [5.74, 6) is -0.0820.